The van der Waals surface area contributed by atoms with Gasteiger partial charge in [0.25, 0.3) is 0 Å². The molecule has 0 fully saturated rings. The van der Waals surface area contributed by atoms with Crippen LogP contribution in [0.2, 0.25) is 0 Å². The molecule has 0 aliphatic heterocycles. The molecule has 0 radical (unpaired) electrons. The lowest BCUT2D eigenvalue weighted by atomic mass is 10.2. The summed E-state index contributed by atoms with van der Waals surface area (Å²) in [6.45, 7) is 1.57. The molecule has 0 saturated heterocycles. The number of anilines is 1. The molecule has 0 saturated carbocycles. The Morgan fingerprint density at radius 2 is 2.12 bits per heavy atom. The van der Waals surface area contributed by atoms with Gasteiger partial charge in [0.05, 0.1) is 0 Å². The number of nitrogens with one attached hydrogen (secondary N) is 2. The smallest absolute Gasteiger partial charge is 0.308 e. The van der Waals surface area contributed by atoms with Crippen molar-refractivity contribution in [1.29, 1.82) is 0 Å². The Kier molecular flexibility index (Phi) is 4.25. The molecule has 0 aliphatic rings. The number of imide groups is 1. The van der Waals surface area contributed by atoms with Gasteiger partial charge in [-0.15, -0.1) is 11.6 Å². The average Bonchev–Trinajstić information content (AvgIpc) is 2.23. The number of aryl methyl sites for hydroxylation is 1. The summed E-state index contributed by atoms with van der Waals surface area (Å²) in [5, 5.41) is 4.38. The monoisotopic (exact) mass is 244 g/mol. The quantitative estimate of drug-likeness (QED) is 0.782. The van der Waals surface area contributed by atoms with Gasteiger partial charge in [-0.1, -0.05) is 0 Å². The van der Waals surface area contributed by atoms with Gasteiger partial charge in [-0.2, -0.15) is 0 Å². The summed E-state index contributed by atoms with van der Waals surface area (Å²) < 4.78 is 12.9. The van der Waals surface area contributed by atoms with E-state index in [1.165, 1.54) is 18.2 Å². The highest BCUT2D eigenvalue weighted by molar-refractivity contribution is 6.28. The van der Waals surface area contributed by atoms with Crippen LogP contribution >= 0.6 is 11.6 Å². The normalized spacial score (nSPS) is 9.69. The van der Waals surface area contributed by atoms with Gasteiger partial charge in [0.15, 0.2) is 0 Å². The van der Waals surface area contributed by atoms with Gasteiger partial charge >= 0.3 is 6.03 Å². The van der Waals surface area contributed by atoms with Crippen LogP contribution in [-0.2, 0) is 4.79 Å². The minimum Gasteiger partial charge on any atom is -0.308 e. The largest absolute Gasteiger partial charge is 0.325 e. The van der Waals surface area contributed by atoms with Gasteiger partial charge in [0.2, 0.25) is 5.91 Å². The van der Waals surface area contributed by atoms with E-state index in [-0.39, 0.29) is 11.7 Å². The summed E-state index contributed by atoms with van der Waals surface area (Å²) in [6, 6.07) is 3.39. The molecule has 0 heterocycles. The average molecular weight is 245 g/mol. The Morgan fingerprint density at radius 3 is 2.69 bits per heavy atom. The van der Waals surface area contributed by atoms with Gasteiger partial charge in [-0.05, 0) is 30.7 Å². The third-order valence-electron chi connectivity index (χ3n) is 1.79. The summed E-state index contributed by atoms with van der Waals surface area (Å²) >= 11 is 5.20. The highest BCUT2D eigenvalue weighted by Gasteiger charge is 2.07. The fourth-order valence-electron chi connectivity index (χ4n) is 1.04. The molecular formula is C10H10ClFN2O2. The Morgan fingerprint density at radius 1 is 1.44 bits per heavy atom. The van der Waals surface area contributed by atoms with Crippen LogP contribution < -0.4 is 10.6 Å². The van der Waals surface area contributed by atoms with Crippen LogP contribution in [0.4, 0.5) is 14.9 Å². The van der Waals surface area contributed by atoms with Crippen molar-refractivity contribution >= 4 is 29.2 Å². The molecule has 1 aromatic rings. The first-order valence-corrected chi connectivity index (χ1v) is 4.99. The van der Waals surface area contributed by atoms with E-state index in [9.17, 15) is 14.0 Å². The predicted molar refractivity (Wildman–Crippen MR) is 59.0 cm³/mol. The van der Waals surface area contributed by atoms with E-state index in [1.54, 1.807) is 6.92 Å². The van der Waals surface area contributed by atoms with Crippen LogP contribution in [0.15, 0.2) is 18.2 Å². The maximum atomic E-state index is 12.9. The van der Waals surface area contributed by atoms with Crippen molar-refractivity contribution in [3.63, 3.8) is 0 Å². The summed E-state index contributed by atoms with van der Waals surface area (Å²) in [5.41, 5.74) is 0.806. The molecule has 0 aromatic heterocycles. The molecule has 4 nitrogen and oxygen atoms in total. The Labute approximate surface area is 96.8 Å². The van der Waals surface area contributed by atoms with Gasteiger partial charge in [0.1, 0.15) is 11.7 Å². The number of hydrogen-bond acceptors (Lipinski definition) is 2. The first kappa shape index (κ1) is 12.4. The molecule has 0 aliphatic carbocycles. The molecule has 16 heavy (non-hydrogen) atoms. The predicted octanol–water partition coefficient (Wildman–Crippen LogP) is 2.02. The maximum Gasteiger partial charge on any atom is 0.325 e. The lowest BCUT2D eigenvalue weighted by Gasteiger charge is -2.06. The molecule has 0 bridgehead atoms. The molecule has 0 spiro atoms. The lowest BCUT2D eigenvalue weighted by molar-refractivity contribution is -0.117. The number of halogens is 2. The fourth-order valence-corrected chi connectivity index (χ4v) is 1.11. The number of amides is 3. The molecule has 1 rings (SSSR count). The molecule has 1 aromatic carbocycles. The number of urea groups is 1. The Hall–Kier alpha value is -1.62. The third-order valence-corrected chi connectivity index (χ3v) is 2.03. The van der Waals surface area contributed by atoms with Crippen molar-refractivity contribution in [2.45, 2.75) is 6.92 Å². The summed E-state index contributed by atoms with van der Waals surface area (Å²) in [4.78, 5) is 22.0. The zero-order chi connectivity index (χ0) is 12.1. The Balaban J connectivity index is 2.63. The van der Waals surface area contributed by atoms with Gasteiger partial charge < -0.3 is 5.32 Å². The molecule has 86 valence electrons. The highest BCUT2D eigenvalue weighted by Crippen LogP contribution is 2.13. The standard InChI is InChI=1S/C10H10ClFN2O2/c1-6-4-7(2-3-8(6)12)13-10(16)14-9(15)5-11/h2-4H,5H2,1H3,(H2,13,14,15,16). The minimum absolute atomic E-state index is 0.296. The number of carbonyl (C=O) groups excluding carboxylic acids is 2. The van der Waals surface area contributed by atoms with Crippen LogP contribution in [0.25, 0.3) is 0 Å². The first-order chi connectivity index (χ1) is 7.52. The van der Waals surface area contributed by atoms with Gasteiger partial charge in [0, 0.05) is 5.69 Å². The number of carbonyl (C=O) groups is 2. The van der Waals surface area contributed by atoms with Crippen LogP contribution in [0.5, 0.6) is 0 Å². The maximum absolute atomic E-state index is 12.9. The first-order valence-electron chi connectivity index (χ1n) is 4.46. The topological polar surface area (TPSA) is 58.2 Å². The van der Waals surface area contributed by atoms with E-state index in [1.807, 2.05) is 5.32 Å². The second kappa shape index (κ2) is 5.46. The van der Waals surface area contributed by atoms with E-state index < -0.39 is 11.9 Å². The van der Waals surface area contributed by atoms with Gasteiger partial charge in [-0.25, -0.2) is 9.18 Å². The van der Waals surface area contributed by atoms with Crippen molar-refractivity contribution in [1.82, 2.24) is 5.32 Å². The molecule has 0 atom stereocenters. The summed E-state index contributed by atoms with van der Waals surface area (Å²) in [5.74, 6) is -1.25. The molecule has 2 N–H and O–H groups in total. The van der Waals surface area contributed by atoms with Crippen molar-refractivity contribution in [3.8, 4) is 0 Å². The number of hydrogen-bond donors (Lipinski definition) is 2. The van der Waals surface area contributed by atoms with Crippen molar-refractivity contribution in [2.75, 3.05) is 11.2 Å². The zero-order valence-electron chi connectivity index (χ0n) is 8.51. The minimum atomic E-state index is -0.698. The molecule has 6 heteroatoms. The zero-order valence-corrected chi connectivity index (χ0v) is 9.27. The van der Waals surface area contributed by atoms with Crippen molar-refractivity contribution in [2.24, 2.45) is 0 Å². The Bertz CT molecular complexity index is 423. The second-order valence-corrected chi connectivity index (χ2v) is 3.37. The lowest BCUT2D eigenvalue weighted by Crippen LogP contribution is -2.35. The highest BCUT2D eigenvalue weighted by atomic mass is 35.5. The fraction of sp³-hybridized carbons (Fsp3) is 0.200. The van der Waals surface area contributed by atoms with E-state index in [0.29, 0.717) is 11.3 Å². The van der Waals surface area contributed by atoms with E-state index in [0.717, 1.165) is 0 Å². The van der Waals surface area contributed by atoms with Crippen LogP contribution in [0, 0.1) is 12.7 Å². The van der Waals surface area contributed by atoms with E-state index >= 15 is 0 Å². The van der Waals surface area contributed by atoms with Crippen LogP contribution in [-0.4, -0.2) is 17.8 Å². The number of alkyl halides is 1. The van der Waals surface area contributed by atoms with Gasteiger partial charge in [-0.3, -0.25) is 10.1 Å². The summed E-state index contributed by atoms with van der Waals surface area (Å²) in [7, 11) is 0. The molecule has 0 unspecified atom stereocenters. The number of benzene rings is 1. The number of rotatable bonds is 2. The third kappa shape index (κ3) is 3.51. The van der Waals surface area contributed by atoms with Crippen molar-refractivity contribution in [3.05, 3.63) is 29.6 Å². The summed E-state index contributed by atoms with van der Waals surface area (Å²) in [6.07, 6.45) is 0. The van der Waals surface area contributed by atoms with Crippen LogP contribution in [0.3, 0.4) is 0 Å². The van der Waals surface area contributed by atoms with Crippen LogP contribution in [0.1, 0.15) is 5.56 Å². The van der Waals surface area contributed by atoms with Crippen molar-refractivity contribution < 1.29 is 14.0 Å². The van der Waals surface area contributed by atoms with E-state index in [2.05, 4.69) is 5.32 Å². The second-order valence-electron chi connectivity index (χ2n) is 3.10. The van der Waals surface area contributed by atoms with E-state index in [4.69, 9.17) is 11.6 Å². The SMILES string of the molecule is Cc1cc(NC(=O)NC(=O)CCl)ccc1F. The molecule has 3 amide bonds. The molecular weight excluding hydrogens is 235 g/mol.